The molecule has 2 bridgehead atoms. The van der Waals surface area contributed by atoms with Crippen LogP contribution in [0.4, 0.5) is 10.5 Å². The zero-order chi connectivity index (χ0) is 54.9. The second kappa shape index (κ2) is 20.1. The van der Waals surface area contributed by atoms with Gasteiger partial charge in [-0.25, -0.2) is 4.79 Å². The highest BCUT2D eigenvalue weighted by Gasteiger charge is 2.79. The maximum absolute atomic E-state index is 15.5. The van der Waals surface area contributed by atoms with Crippen molar-refractivity contribution < 1.29 is 58.3 Å². The number of carbonyl (C=O) groups is 6. The van der Waals surface area contributed by atoms with Gasteiger partial charge in [-0.1, -0.05) is 74.5 Å². The topological polar surface area (TPSA) is 256 Å². The zero-order valence-electron chi connectivity index (χ0n) is 44.6. The summed E-state index contributed by atoms with van der Waals surface area (Å²) in [5, 5.41) is 42.1. The third-order valence-electron chi connectivity index (χ3n) is 18.9. The predicted molar refractivity (Wildman–Crippen MR) is 285 cm³/mol. The summed E-state index contributed by atoms with van der Waals surface area (Å²) in [7, 11) is 2.85. The van der Waals surface area contributed by atoms with E-state index in [1.807, 2.05) is 74.5 Å². The molecule has 414 valence electrons. The quantitative estimate of drug-likeness (QED) is 0.0467. The Bertz CT molecular complexity index is 3080. The molecule has 2 unspecified atom stereocenters. The standard InChI is InChI=1S/C58H70N8O12/c1-5-54(74)28-36-29-57(52(72)77-4,46-38(19-24-63(31-36)33-54)37-16-10-11-17-41(37)60-46)40-26-39-43(27-44(40)76-3)66(34-67)49-56(39)21-25-64-22-13-20-55(6-2,48(56)64)50(70)58(49,75)51(71)62-61-47(69)42-18-12-23-65(42)45(68)30-59-53(73)78-32-35-14-8-7-9-15-35/h7-11,13-17,20,26-27,34,36,42,48-50,60,70,74-75H,5-6,12,18-19,21-25,28-33H2,1-4H3,(H,59,73)(H,61,69)(H,62,71)/t36-,42-,48-,49+,50+,54-,55+,56?,57-,58-/m0/s1. The number of amides is 5. The summed E-state index contributed by atoms with van der Waals surface area (Å²) in [5.41, 5.74) is 1.27. The molecular formula is C58H70N8O12. The number of H-pyrrole nitrogens is 1. The molecule has 1 aliphatic carbocycles. The normalized spacial score (nSPS) is 32.6. The smallest absolute Gasteiger partial charge is 0.407 e. The van der Waals surface area contributed by atoms with E-state index in [4.69, 9.17) is 14.2 Å². The van der Waals surface area contributed by atoms with Crippen molar-refractivity contribution in [3.8, 4) is 5.75 Å². The van der Waals surface area contributed by atoms with Gasteiger partial charge in [0.15, 0.2) is 5.60 Å². The lowest BCUT2D eigenvalue weighted by atomic mass is 9.47. The lowest BCUT2D eigenvalue weighted by molar-refractivity contribution is -0.204. The van der Waals surface area contributed by atoms with Crippen LogP contribution in [0.1, 0.15) is 86.7 Å². The fourth-order valence-electron chi connectivity index (χ4n) is 15.6. The molecule has 4 fully saturated rings. The van der Waals surface area contributed by atoms with Gasteiger partial charge in [-0.2, -0.15) is 0 Å². The van der Waals surface area contributed by atoms with Crippen LogP contribution in [0.15, 0.2) is 78.9 Å². The molecule has 5 amide bonds. The average Bonchev–Trinajstić information content (AvgIpc) is 2.56. The number of benzene rings is 3. The number of piperidine rings is 1. The van der Waals surface area contributed by atoms with Gasteiger partial charge in [-0.3, -0.25) is 44.6 Å². The number of hydrogen-bond acceptors (Lipinski definition) is 14. The van der Waals surface area contributed by atoms with Crippen LogP contribution < -0.4 is 25.8 Å². The number of para-hydroxylation sites is 1. The van der Waals surface area contributed by atoms with E-state index < -0.39 is 88.0 Å². The molecule has 4 aromatic rings. The number of fused-ring (bicyclic) bond motifs is 6. The Labute approximate surface area is 452 Å². The van der Waals surface area contributed by atoms with E-state index >= 15 is 9.59 Å². The number of hydrazine groups is 1. The average molecular weight is 1070 g/mol. The summed E-state index contributed by atoms with van der Waals surface area (Å²) in [6.07, 6.45) is 4.58. The van der Waals surface area contributed by atoms with E-state index in [2.05, 4.69) is 31.0 Å². The molecule has 7 aliphatic rings. The molecule has 20 nitrogen and oxygen atoms in total. The SMILES string of the molecule is CC[C@]1(O)C[C@@H]2CN(CCc3c([nH]c4ccccc34)[C@@](C(=O)OC)(c3cc4c(cc3OC)N(C=O)[C@@H]3C45CCN4CC=C[C@](CC)([C@H]45)[C@@H](O)[C@]3(O)C(=O)NNC(=O)[C@@H]3CCCN3C(=O)CNC(=O)OCc3ccccc3)C2)C1. The highest BCUT2D eigenvalue weighted by atomic mass is 16.5. The van der Waals surface area contributed by atoms with E-state index in [9.17, 15) is 34.5 Å². The Kier molecular flexibility index (Phi) is 13.7. The van der Waals surface area contributed by atoms with Crippen molar-refractivity contribution in [2.45, 2.75) is 118 Å². The molecule has 1 spiro atoms. The Morgan fingerprint density at radius 1 is 0.910 bits per heavy atom. The van der Waals surface area contributed by atoms with Gasteiger partial charge in [-0.05, 0) is 92.7 Å². The summed E-state index contributed by atoms with van der Waals surface area (Å²) in [6.45, 7) is 6.25. The van der Waals surface area contributed by atoms with Crippen molar-refractivity contribution in [2.24, 2.45) is 11.3 Å². The van der Waals surface area contributed by atoms with Gasteiger partial charge in [0.1, 0.15) is 36.5 Å². The predicted octanol–water partition coefficient (Wildman–Crippen LogP) is 2.84. The molecule has 78 heavy (non-hydrogen) atoms. The van der Waals surface area contributed by atoms with Crippen molar-refractivity contribution in [1.82, 2.24) is 35.9 Å². The minimum Gasteiger partial charge on any atom is -0.496 e. The first-order valence-corrected chi connectivity index (χ1v) is 27.3. The summed E-state index contributed by atoms with van der Waals surface area (Å²) < 4.78 is 17.5. The van der Waals surface area contributed by atoms with Gasteiger partial charge in [0, 0.05) is 77.8 Å². The monoisotopic (exact) mass is 1070 g/mol. The molecule has 6 aliphatic heterocycles. The van der Waals surface area contributed by atoms with Crippen molar-refractivity contribution in [3.63, 3.8) is 0 Å². The number of aromatic amines is 1. The van der Waals surface area contributed by atoms with E-state index in [0.717, 1.165) is 22.0 Å². The Hall–Kier alpha value is -6.84. The van der Waals surface area contributed by atoms with E-state index in [-0.39, 0.29) is 44.1 Å². The molecule has 7 N–H and O–H groups in total. The first-order chi connectivity index (χ1) is 37.6. The molecule has 1 aromatic heterocycles. The third-order valence-corrected chi connectivity index (χ3v) is 18.9. The molecule has 0 radical (unpaired) electrons. The van der Waals surface area contributed by atoms with Crippen molar-refractivity contribution in [3.05, 3.63) is 107 Å². The number of anilines is 1. The van der Waals surface area contributed by atoms with Crippen molar-refractivity contribution >= 4 is 52.8 Å². The van der Waals surface area contributed by atoms with Crippen LogP contribution in [0.25, 0.3) is 10.9 Å². The van der Waals surface area contributed by atoms with Crippen LogP contribution in [-0.4, -0.2) is 167 Å². The molecule has 3 saturated heterocycles. The summed E-state index contributed by atoms with van der Waals surface area (Å²) in [5.74, 6) is -3.06. The number of nitrogens with zero attached hydrogens (tertiary/aromatic N) is 4. The third kappa shape index (κ3) is 8.02. The molecule has 20 heteroatoms. The van der Waals surface area contributed by atoms with Gasteiger partial charge < -0.3 is 49.6 Å². The first kappa shape index (κ1) is 53.2. The Balaban J connectivity index is 0.983. The largest absolute Gasteiger partial charge is 0.496 e. The van der Waals surface area contributed by atoms with E-state index in [0.29, 0.717) is 93.7 Å². The van der Waals surface area contributed by atoms with Crippen LogP contribution in [-0.2, 0) is 57.3 Å². The number of methoxy groups -OCH3 is 2. The number of likely N-dealkylation sites (tertiary alicyclic amines) is 1. The number of aromatic nitrogens is 1. The number of esters is 1. The number of aliphatic hydroxyl groups excluding tert-OH is 1. The summed E-state index contributed by atoms with van der Waals surface area (Å²) >= 11 is 0. The molecular weight excluding hydrogens is 1000 g/mol. The first-order valence-electron chi connectivity index (χ1n) is 27.3. The minimum atomic E-state index is -2.82. The lowest BCUT2D eigenvalue weighted by Gasteiger charge is -2.63. The number of rotatable bonds is 12. The fraction of sp³-hybridized carbons (Fsp3) is 0.517. The van der Waals surface area contributed by atoms with Gasteiger partial charge in [0.2, 0.25) is 12.3 Å². The minimum absolute atomic E-state index is 0.00723. The molecule has 7 heterocycles. The van der Waals surface area contributed by atoms with Gasteiger partial charge in [-0.15, -0.1) is 0 Å². The van der Waals surface area contributed by atoms with Crippen LogP contribution in [0, 0.1) is 11.3 Å². The van der Waals surface area contributed by atoms with Gasteiger partial charge >= 0.3 is 12.1 Å². The van der Waals surface area contributed by atoms with E-state index in [1.165, 1.54) is 24.0 Å². The second-order valence-electron chi connectivity index (χ2n) is 22.6. The van der Waals surface area contributed by atoms with Gasteiger partial charge in [0.05, 0.1) is 31.5 Å². The van der Waals surface area contributed by atoms with Crippen LogP contribution >= 0.6 is 0 Å². The number of aliphatic hydroxyl groups is 3. The van der Waals surface area contributed by atoms with Crippen LogP contribution in [0.3, 0.4) is 0 Å². The molecule has 1 saturated carbocycles. The van der Waals surface area contributed by atoms with Crippen LogP contribution in [0.2, 0.25) is 0 Å². The van der Waals surface area contributed by atoms with Gasteiger partial charge in [0.25, 0.3) is 11.8 Å². The van der Waals surface area contributed by atoms with E-state index in [1.54, 1.807) is 18.2 Å². The number of ether oxygens (including phenoxy) is 3. The number of carbonyl (C=O) groups excluding carboxylic acids is 6. The van der Waals surface area contributed by atoms with Crippen LogP contribution in [0.5, 0.6) is 5.75 Å². The molecule has 11 rings (SSSR count). The summed E-state index contributed by atoms with van der Waals surface area (Å²) in [6, 6.07) is 17.4. The Morgan fingerprint density at radius 2 is 1.69 bits per heavy atom. The molecule has 3 aromatic carbocycles. The number of alkyl carbamates (subject to hydrolysis) is 1. The lowest BCUT2D eigenvalue weighted by Crippen LogP contribution is -2.82. The maximum atomic E-state index is 15.5. The Morgan fingerprint density at radius 3 is 2.44 bits per heavy atom. The summed E-state index contributed by atoms with van der Waals surface area (Å²) in [4.78, 5) is 95.8. The highest BCUT2D eigenvalue weighted by molar-refractivity contribution is 5.98. The molecule has 11 atom stereocenters. The second-order valence-corrected chi connectivity index (χ2v) is 22.6. The fourth-order valence-corrected chi connectivity index (χ4v) is 15.6. The number of hydrogen-bond donors (Lipinski definition) is 7. The van der Waals surface area contributed by atoms with Crippen molar-refractivity contribution in [1.29, 1.82) is 0 Å². The zero-order valence-corrected chi connectivity index (χ0v) is 44.6. The van der Waals surface area contributed by atoms with Crippen molar-refractivity contribution in [2.75, 3.05) is 64.9 Å². The number of nitrogens with one attached hydrogen (secondary N) is 4. The highest BCUT2D eigenvalue weighted by Crippen LogP contribution is 2.68. The maximum Gasteiger partial charge on any atom is 0.407 e.